The van der Waals surface area contributed by atoms with Gasteiger partial charge in [0.1, 0.15) is 0 Å². The number of alkyl halides is 3. The number of carboxylic acids is 1. The van der Waals surface area contributed by atoms with Gasteiger partial charge in [-0.2, -0.15) is 13.2 Å². The number of hydrogen-bond donors (Lipinski definition) is 1. The lowest BCUT2D eigenvalue weighted by molar-refractivity contribution is -0.154. The van der Waals surface area contributed by atoms with Gasteiger partial charge >= 0.3 is 12.1 Å². The summed E-state index contributed by atoms with van der Waals surface area (Å²) in [6, 6.07) is 1.88. The Morgan fingerprint density at radius 3 is 2.76 bits per heavy atom. The van der Waals surface area contributed by atoms with Crippen LogP contribution in [0.4, 0.5) is 13.2 Å². The maximum absolute atomic E-state index is 12.6. The van der Waals surface area contributed by atoms with E-state index in [1.54, 1.807) is 0 Å². The van der Waals surface area contributed by atoms with Gasteiger partial charge in [0.2, 0.25) is 5.88 Å². The van der Waals surface area contributed by atoms with E-state index in [9.17, 15) is 22.8 Å². The van der Waals surface area contributed by atoms with E-state index in [0.717, 1.165) is 12.3 Å². The van der Waals surface area contributed by atoms with Crippen molar-refractivity contribution >= 4 is 11.9 Å². The maximum Gasteiger partial charge on any atom is 0.422 e. The Labute approximate surface area is 141 Å². The average Bonchev–Trinajstić information content (AvgIpc) is 2.94. The first-order valence-corrected chi connectivity index (χ1v) is 7.40. The number of halogens is 3. The number of aliphatic carboxylic acids is 1. The molecule has 1 amide bonds. The summed E-state index contributed by atoms with van der Waals surface area (Å²) >= 11 is 0. The van der Waals surface area contributed by atoms with Crippen molar-refractivity contribution in [2.24, 2.45) is 0 Å². The lowest BCUT2D eigenvalue weighted by Crippen LogP contribution is -2.37. The van der Waals surface area contributed by atoms with Crippen LogP contribution in [0.15, 0.2) is 18.3 Å². The van der Waals surface area contributed by atoms with Crippen LogP contribution in [0.1, 0.15) is 23.2 Å². The molecule has 0 aliphatic carbocycles. The van der Waals surface area contributed by atoms with Crippen molar-refractivity contribution in [1.82, 2.24) is 9.88 Å². The minimum Gasteiger partial charge on any atom is -0.481 e. The van der Waals surface area contributed by atoms with Crippen LogP contribution in [0.25, 0.3) is 0 Å². The third-order valence-electron chi connectivity index (χ3n) is 3.75. The van der Waals surface area contributed by atoms with Gasteiger partial charge in [0, 0.05) is 37.5 Å². The van der Waals surface area contributed by atoms with Crippen LogP contribution in [-0.2, 0) is 9.53 Å². The normalized spacial score (nSPS) is 20.6. The number of methoxy groups -OCH3 is 1. The lowest BCUT2D eigenvalue weighted by atomic mass is 10.1. The second-order valence-corrected chi connectivity index (χ2v) is 5.59. The monoisotopic (exact) mass is 362 g/mol. The molecule has 1 aromatic rings. The summed E-state index contributed by atoms with van der Waals surface area (Å²) in [6.45, 7) is -1.32. The van der Waals surface area contributed by atoms with Gasteiger partial charge < -0.3 is 19.5 Å². The number of likely N-dealkylation sites (tertiary alicyclic amines) is 1. The number of nitrogens with zero attached hydrogens (tertiary/aromatic N) is 2. The average molecular weight is 362 g/mol. The van der Waals surface area contributed by atoms with Crippen molar-refractivity contribution in [3.63, 3.8) is 0 Å². The molecule has 0 bridgehead atoms. The van der Waals surface area contributed by atoms with Crippen LogP contribution in [0.5, 0.6) is 5.88 Å². The van der Waals surface area contributed by atoms with E-state index in [1.165, 1.54) is 18.1 Å². The summed E-state index contributed by atoms with van der Waals surface area (Å²) in [4.78, 5) is 28.6. The molecule has 0 saturated carbocycles. The van der Waals surface area contributed by atoms with Gasteiger partial charge in [0.15, 0.2) is 6.61 Å². The third-order valence-corrected chi connectivity index (χ3v) is 3.75. The highest BCUT2D eigenvalue weighted by Crippen LogP contribution is 2.25. The Balaban J connectivity index is 2.14. The Kier molecular flexibility index (Phi) is 5.83. The molecule has 1 saturated heterocycles. The molecule has 1 aliphatic rings. The predicted molar refractivity (Wildman–Crippen MR) is 78.3 cm³/mol. The van der Waals surface area contributed by atoms with Gasteiger partial charge in [-0.3, -0.25) is 9.59 Å². The number of amides is 1. The van der Waals surface area contributed by atoms with E-state index in [-0.39, 0.29) is 30.5 Å². The molecule has 10 heteroatoms. The van der Waals surface area contributed by atoms with Crippen molar-refractivity contribution in [1.29, 1.82) is 0 Å². The summed E-state index contributed by atoms with van der Waals surface area (Å²) in [5.74, 6) is -1.89. The minimum atomic E-state index is -4.52. The Bertz CT molecular complexity index is 638. The first-order valence-electron chi connectivity index (χ1n) is 7.40. The molecule has 2 unspecified atom stereocenters. The van der Waals surface area contributed by atoms with Gasteiger partial charge in [-0.15, -0.1) is 0 Å². The molecule has 1 fully saturated rings. The summed E-state index contributed by atoms with van der Waals surface area (Å²) in [5, 5.41) is 8.98. The van der Waals surface area contributed by atoms with Crippen LogP contribution in [0.2, 0.25) is 0 Å². The zero-order valence-electron chi connectivity index (χ0n) is 13.3. The molecule has 1 aliphatic heterocycles. The summed E-state index contributed by atoms with van der Waals surface area (Å²) in [5.41, 5.74) is 0.0688. The van der Waals surface area contributed by atoms with Crippen molar-refractivity contribution in [2.45, 2.75) is 31.2 Å². The van der Waals surface area contributed by atoms with Gasteiger partial charge in [-0.25, -0.2) is 4.98 Å². The molecule has 1 aromatic heterocycles. The largest absolute Gasteiger partial charge is 0.481 e. The molecular formula is C15H17F3N2O5. The quantitative estimate of drug-likeness (QED) is 0.829. The van der Waals surface area contributed by atoms with Crippen molar-refractivity contribution < 1.29 is 37.3 Å². The SMILES string of the molecule is COC1CC(CC(=O)O)N(C(=O)c2ccnc(OCC(F)(F)F)c2)C1. The van der Waals surface area contributed by atoms with Gasteiger partial charge in [0.05, 0.1) is 12.5 Å². The van der Waals surface area contributed by atoms with Gasteiger partial charge in [-0.1, -0.05) is 0 Å². The third kappa shape index (κ3) is 5.31. The number of hydrogen-bond acceptors (Lipinski definition) is 5. The summed E-state index contributed by atoms with van der Waals surface area (Å²) in [6.07, 6.45) is -3.52. The van der Waals surface area contributed by atoms with Gasteiger partial charge in [-0.05, 0) is 12.5 Å². The fourth-order valence-corrected chi connectivity index (χ4v) is 2.63. The van der Waals surface area contributed by atoms with Crippen LogP contribution in [0.3, 0.4) is 0 Å². The molecular weight excluding hydrogens is 345 g/mol. The first kappa shape index (κ1) is 19.0. The fraction of sp³-hybridized carbons (Fsp3) is 0.533. The molecule has 2 heterocycles. The number of rotatable bonds is 6. The molecule has 138 valence electrons. The number of carbonyl (C=O) groups excluding carboxylic acids is 1. The van der Waals surface area contributed by atoms with Crippen LogP contribution < -0.4 is 4.74 Å². The topological polar surface area (TPSA) is 89.0 Å². The zero-order valence-corrected chi connectivity index (χ0v) is 13.3. The highest BCUT2D eigenvalue weighted by molar-refractivity contribution is 5.95. The van der Waals surface area contributed by atoms with E-state index in [0.29, 0.717) is 6.42 Å². The summed E-state index contributed by atoms with van der Waals surface area (Å²) in [7, 11) is 1.46. The highest BCUT2D eigenvalue weighted by atomic mass is 19.4. The van der Waals surface area contributed by atoms with Crippen LogP contribution >= 0.6 is 0 Å². The molecule has 0 aromatic carbocycles. The Morgan fingerprint density at radius 2 is 2.16 bits per heavy atom. The highest BCUT2D eigenvalue weighted by Gasteiger charge is 2.37. The number of pyridine rings is 1. The van der Waals surface area contributed by atoms with Crippen molar-refractivity contribution in [3.05, 3.63) is 23.9 Å². The fourth-order valence-electron chi connectivity index (χ4n) is 2.63. The van der Waals surface area contributed by atoms with Crippen molar-refractivity contribution in [3.8, 4) is 5.88 Å². The van der Waals surface area contributed by atoms with Crippen LogP contribution in [-0.4, -0.2) is 65.5 Å². The number of aromatic nitrogens is 1. The molecule has 2 rings (SSSR count). The predicted octanol–water partition coefficient (Wildman–Crippen LogP) is 1.73. The minimum absolute atomic E-state index is 0.0688. The molecule has 1 N–H and O–H groups in total. The molecule has 0 spiro atoms. The Morgan fingerprint density at radius 1 is 1.44 bits per heavy atom. The zero-order chi connectivity index (χ0) is 18.6. The van der Waals surface area contributed by atoms with E-state index < -0.39 is 30.7 Å². The number of ether oxygens (including phenoxy) is 2. The number of carbonyl (C=O) groups is 2. The summed E-state index contributed by atoms with van der Waals surface area (Å²) < 4.78 is 46.3. The Hall–Kier alpha value is -2.36. The van der Waals surface area contributed by atoms with Gasteiger partial charge in [0.25, 0.3) is 5.91 Å². The standard InChI is InChI=1S/C15H17F3N2O5/c1-24-11-5-10(6-13(21)22)20(7-11)14(23)9-2-3-19-12(4-9)25-8-15(16,17)18/h2-4,10-11H,5-8H2,1H3,(H,21,22). The van der Waals surface area contributed by atoms with E-state index in [2.05, 4.69) is 9.72 Å². The molecule has 25 heavy (non-hydrogen) atoms. The van der Waals surface area contributed by atoms with Crippen molar-refractivity contribution in [2.75, 3.05) is 20.3 Å². The molecule has 7 nitrogen and oxygen atoms in total. The number of carboxylic acid groups (broad SMARTS) is 1. The molecule has 2 atom stereocenters. The van der Waals surface area contributed by atoms with E-state index in [1.807, 2.05) is 0 Å². The smallest absolute Gasteiger partial charge is 0.422 e. The first-order chi connectivity index (χ1) is 11.7. The lowest BCUT2D eigenvalue weighted by Gasteiger charge is -2.23. The van der Waals surface area contributed by atoms with Crippen LogP contribution in [0, 0.1) is 0 Å². The molecule has 0 radical (unpaired) electrons. The maximum atomic E-state index is 12.6. The van der Waals surface area contributed by atoms with E-state index in [4.69, 9.17) is 9.84 Å². The van der Waals surface area contributed by atoms with E-state index >= 15 is 0 Å². The second kappa shape index (κ2) is 7.68. The second-order valence-electron chi connectivity index (χ2n) is 5.59.